The highest BCUT2D eigenvalue weighted by atomic mass is 15.2. The number of hydrogen-bond donors (Lipinski definition) is 1. The van der Waals surface area contributed by atoms with Crippen molar-refractivity contribution in [3.8, 4) is 0 Å². The largest absolute Gasteiger partial charge is 0.358 e. The van der Waals surface area contributed by atoms with Gasteiger partial charge in [0.1, 0.15) is 0 Å². The summed E-state index contributed by atoms with van der Waals surface area (Å²) in [5.41, 5.74) is 1.00. The van der Waals surface area contributed by atoms with Crippen molar-refractivity contribution in [1.29, 1.82) is 0 Å². The SMILES string of the molecule is CC(C)NCc1ccc(N(C)CC2CC2C)nn1. The Balaban J connectivity index is 1.86. The molecule has 2 atom stereocenters. The Hall–Kier alpha value is -1.16. The van der Waals surface area contributed by atoms with Crippen LogP contribution in [0.25, 0.3) is 0 Å². The standard InChI is InChI=1S/C14H24N4/c1-10(2)15-8-13-5-6-14(17-16-13)18(4)9-12-7-11(12)3/h5-6,10-12,15H,7-9H2,1-4H3. The van der Waals surface area contributed by atoms with Gasteiger partial charge in [0.15, 0.2) is 5.82 Å². The molecule has 1 aromatic heterocycles. The summed E-state index contributed by atoms with van der Waals surface area (Å²) in [6, 6.07) is 4.60. The lowest BCUT2D eigenvalue weighted by molar-refractivity contribution is 0.577. The summed E-state index contributed by atoms with van der Waals surface area (Å²) in [5, 5.41) is 11.9. The van der Waals surface area contributed by atoms with Gasteiger partial charge in [-0.05, 0) is 30.4 Å². The molecule has 1 aromatic rings. The first-order valence-corrected chi connectivity index (χ1v) is 6.83. The summed E-state index contributed by atoms with van der Waals surface area (Å²) in [4.78, 5) is 2.21. The van der Waals surface area contributed by atoms with Crippen LogP contribution in [0.15, 0.2) is 12.1 Å². The van der Waals surface area contributed by atoms with Crippen molar-refractivity contribution in [3.63, 3.8) is 0 Å². The summed E-state index contributed by atoms with van der Waals surface area (Å²) in [6.45, 7) is 8.46. The van der Waals surface area contributed by atoms with E-state index in [2.05, 4.69) is 60.4 Å². The van der Waals surface area contributed by atoms with E-state index in [1.54, 1.807) is 0 Å². The van der Waals surface area contributed by atoms with E-state index in [-0.39, 0.29) is 0 Å². The van der Waals surface area contributed by atoms with E-state index in [0.717, 1.165) is 36.4 Å². The molecular weight excluding hydrogens is 224 g/mol. The Morgan fingerprint density at radius 1 is 1.39 bits per heavy atom. The van der Waals surface area contributed by atoms with E-state index in [1.807, 2.05) is 0 Å². The van der Waals surface area contributed by atoms with Gasteiger partial charge in [-0.25, -0.2) is 0 Å². The van der Waals surface area contributed by atoms with Gasteiger partial charge in [0.05, 0.1) is 5.69 Å². The lowest BCUT2D eigenvalue weighted by Crippen LogP contribution is -2.24. The molecule has 0 spiro atoms. The fourth-order valence-electron chi connectivity index (χ4n) is 2.06. The number of aromatic nitrogens is 2. The number of rotatable bonds is 6. The Morgan fingerprint density at radius 2 is 2.11 bits per heavy atom. The van der Waals surface area contributed by atoms with Crippen molar-refractivity contribution in [1.82, 2.24) is 15.5 Å². The minimum absolute atomic E-state index is 0.477. The molecule has 2 rings (SSSR count). The quantitative estimate of drug-likeness (QED) is 0.836. The Bertz CT molecular complexity index is 374. The van der Waals surface area contributed by atoms with E-state index in [1.165, 1.54) is 6.42 Å². The molecule has 18 heavy (non-hydrogen) atoms. The number of hydrogen-bond acceptors (Lipinski definition) is 4. The second-order valence-electron chi connectivity index (χ2n) is 5.77. The minimum Gasteiger partial charge on any atom is -0.358 e. The first kappa shape index (κ1) is 13.3. The van der Waals surface area contributed by atoms with Gasteiger partial charge < -0.3 is 10.2 Å². The fourth-order valence-corrected chi connectivity index (χ4v) is 2.06. The summed E-state index contributed by atoms with van der Waals surface area (Å²) in [5.74, 6) is 2.71. The Kier molecular flexibility index (Phi) is 4.17. The van der Waals surface area contributed by atoms with Crippen molar-refractivity contribution in [2.45, 2.75) is 39.8 Å². The highest BCUT2D eigenvalue weighted by Crippen LogP contribution is 2.38. The molecule has 0 bridgehead atoms. The molecule has 0 saturated heterocycles. The number of anilines is 1. The molecule has 1 aliphatic carbocycles. The molecule has 4 heteroatoms. The van der Waals surface area contributed by atoms with Gasteiger partial charge in [-0.15, -0.1) is 5.10 Å². The van der Waals surface area contributed by atoms with Crippen molar-refractivity contribution in [2.75, 3.05) is 18.5 Å². The van der Waals surface area contributed by atoms with Crippen molar-refractivity contribution in [2.24, 2.45) is 11.8 Å². The molecule has 1 fully saturated rings. The van der Waals surface area contributed by atoms with Gasteiger partial charge in [-0.1, -0.05) is 20.8 Å². The maximum atomic E-state index is 4.30. The molecule has 0 aromatic carbocycles. The highest BCUT2D eigenvalue weighted by molar-refractivity contribution is 5.36. The van der Waals surface area contributed by atoms with E-state index in [0.29, 0.717) is 6.04 Å². The summed E-state index contributed by atoms with van der Waals surface area (Å²) in [7, 11) is 2.10. The lowest BCUT2D eigenvalue weighted by atomic mass is 10.3. The summed E-state index contributed by atoms with van der Waals surface area (Å²) >= 11 is 0. The zero-order valence-corrected chi connectivity index (χ0v) is 11.8. The molecule has 4 nitrogen and oxygen atoms in total. The molecule has 100 valence electrons. The van der Waals surface area contributed by atoms with Crippen LogP contribution in [0.3, 0.4) is 0 Å². The van der Waals surface area contributed by atoms with Crippen LogP contribution < -0.4 is 10.2 Å². The Labute approximate surface area is 110 Å². The van der Waals surface area contributed by atoms with Crippen LogP contribution in [0.5, 0.6) is 0 Å². The molecule has 2 unspecified atom stereocenters. The van der Waals surface area contributed by atoms with E-state index < -0.39 is 0 Å². The van der Waals surface area contributed by atoms with Crippen LogP contribution in [-0.2, 0) is 6.54 Å². The van der Waals surface area contributed by atoms with Crippen LogP contribution in [-0.4, -0.2) is 29.8 Å². The minimum atomic E-state index is 0.477. The van der Waals surface area contributed by atoms with Crippen LogP contribution in [0, 0.1) is 11.8 Å². The van der Waals surface area contributed by atoms with Crippen LogP contribution in [0.4, 0.5) is 5.82 Å². The van der Waals surface area contributed by atoms with E-state index in [4.69, 9.17) is 0 Å². The number of nitrogens with zero attached hydrogens (tertiary/aromatic N) is 3. The molecule has 0 amide bonds. The molecule has 0 aliphatic heterocycles. The van der Waals surface area contributed by atoms with Crippen LogP contribution >= 0.6 is 0 Å². The third-order valence-corrected chi connectivity index (χ3v) is 3.57. The van der Waals surface area contributed by atoms with Crippen molar-refractivity contribution < 1.29 is 0 Å². The van der Waals surface area contributed by atoms with Gasteiger partial charge in [-0.2, -0.15) is 5.10 Å². The molecule has 1 heterocycles. The predicted molar refractivity (Wildman–Crippen MR) is 74.5 cm³/mol. The zero-order chi connectivity index (χ0) is 13.1. The molecule has 1 aliphatic rings. The normalized spacial score (nSPS) is 22.3. The third-order valence-electron chi connectivity index (χ3n) is 3.57. The highest BCUT2D eigenvalue weighted by Gasteiger charge is 2.33. The van der Waals surface area contributed by atoms with Crippen LogP contribution in [0.2, 0.25) is 0 Å². The van der Waals surface area contributed by atoms with Gasteiger partial charge >= 0.3 is 0 Å². The lowest BCUT2D eigenvalue weighted by Gasteiger charge is -2.17. The fraction of sp³-hybridized carbons (Fsp3) is 0.714. The summed E-state index contributed by atoms with van der Waals surface area (Å²) < 4.78 is 0. The maximum Gasteiger partial charge on any atom is 0.150 e. The average molecular weight is 248 g/mol. The van der Waals surface area contributed by atoms with Crippen LogP contribution in [0.1, 0.15) is 32.9 Å². The van der Waals surface area contributed by atoms with Gasteiger partial charge in [-0.3, -0.25) is 0 Å². The maximum absolute atomic E-state index is 4.30. The topological polar surface area (TPSA) is 41.0 Å². The average Bonchev–Trinajstić information content (AvgIpc) is 3.03. The summed E-state index contributed by atoms with van der Waals surface area (Å²) in [6.07, 6.45) is 1.36. The van der Waals surface area contributed by atoms with Gasteiger partial charge in [0.2, 0.25) is 0 Å². The second-order valence-corrected chi connectivity index (χ2v) is 5.77. The smallest absolute Gasteiger partial charge is 0.150 e. The monoisotopic (exact) mass is 248 g/mol. The second kappa shape index (κ2) is 5.65. The van der Waals surface area contributed by atoms with E-state index >= 15 is 0 Å². The molecular formula is C14H24N4. The predicted octanol–water partition coefficient (Wildman–Crippen LogP) is 2.07. The van der Waals surface area contributed by atoms with E-state index in [9.17, 15) is 0 Å². The van der Waals surface area contributed by atoms with Gasteiger partial charge in [0, 0.05) is 26.2 Å². The first-order chi connectivity index (χ1) is 8.56. The first-order valence-electron chi connectivity index (χ1n) is 6.83. The van der Waals surface area contributed by atoms with Gasteiger partial charge in [0.25, 0.3) is 0 Å². The molecule has 1 saturated carbocycles. The zero-order valence-electron chi connectivity index (χ0n) is 11.8. The third kappa shape index (κ3) is 3.67. The molecule has 1 N–H and O–H groups in total. The van der Waals surface area contributed by atoms with Crippen molar-refractivity contribution >= 4 is 5.82 Å². The van der Waals surface area contributed by atoms with Crippen molar-refractivity contribution in [3.05, 3.63) is 17.8 Å². The molecule has 0 radical (unpaired) electrons. The number of nitrogens with one attached hydrogen (secondary N) is 1. The Morgan fingerprint density at radius 3 is 2.61 bits per heavy atom.